The van der Waals surface area contributed by atoms with Crippen LogP contribution in [0.4, 0.5) is 0 Å². The molecule has 0 spiro atoms. The summed E-state index contributed by atoms with van der Waals surface area (Å²) in [6.07, 6.45) is 1.62. The second-order valence-electron chi connectivity index (χ2n) is 5.00. The minimum atomic E-state index is 0.396. The third-order valence-corrected chi connectivity index (χ3v) is 3.18. The van der Waals surface area contributed by atoms with Crippen molar-refractivity contribution in [3.8, 4) is 5.75 Å². The van der Waals surface area contributed by atoms with E-state index in [0.29, 0.717) is 6.61 Å². The van der Waals surface area contributed by atoms with Gasteiger partial charge in [-0.1, -0.05) is 17.3 Å². The maximum Gasteiger partial charge on any atom is 0.174 e. The molecule has 0 unspecified atom stereocenters. The van der Waals surface area contributed by atoms with E-state index in [4.69, 9.17) is 14.0 Å². The number of methoxy groups -OCH3 is 1. The molecule has 0 fully saturated rings. The number of nitrogens with one attached hydrogen (secondary N) is 1. The minimum Gasteiger partial charge on any atom is -0.485 e. The molecule has 1 aromatic carbocycles. The Morgan fingerprint density at radius 1 is 1.24 bits per heavy atom. The Morgan fingerprint density at radius 2 is 2.00 bits per heavy atom. The van der Waals surface area contributed by atoms with E-state index < -0.39 is 0 Å². The average molecular weight is 290 g/mol. The normalized spacial score (nSPS) is 10.8. The van der Waals surface area contributed by atoms with Gasteiger partial charge in [-0.3, -0.25) is 0 Å². The topological polar surface area (TPSA) is 56.5 Å². The third kappa shape index (κ3) is 4.58. The Morgan fingerprint density at radius 3 is 2.62 bits per heavy atom. The summed E-state index contributed by atoms with van der Waals surface area (Å²) in [6, 6.07) is 6.09. The first kappa shape index (κ1) is 15.5. The molecule has 0 bridgehead atoms. The van der Waals surface area contributed by atoms with Crippen LogP contribution in [0, 0.1) is 13.8 Å². The number of nitrogens with zero attached hydrogens (tertiary/aromatic N) is 1. The highest BCUT2D eigenvalue weighted by atomic mass is 16.5. The van der Waals surface area contributed by atoms with Gasteiger partial charge in [0.25, 0.3) is 0 Å². The van der Waals surface area contributed by atoms with E-state index >= 15 is 0 Å². The zero-order chi connectivity index (χ0) is 15.1. The van der Waals surface area contributed by atoms with Crippen LogP contribution in [0.1, 0.15) is 22.5 Å². The first-order valence-electron chi connectivity index (χ1n) is 7.03. The molecule has 0 amide bonds. The lowest BCUT2D eigenvalue weighted by Gasteiger charge is -2.13. The lowest BCUT2D eigenvalue weighted by Crippen LogP contribution is -2.18. The van der Waals surface area contributed by atoms with Crippen LogP contribution >= 0.6 is 0 Å². The lowest BCUT2D eigenvalue weighted by atomic mass is 10.1. The molecule has 2 aromatic rings. The molecule has 21 heavy (non-hydrogen) atoms. The van der Waals surface area contributed by atoms with E-state index in [0.717, 1.165) is 42.3 Å². The Kier molecular flexibility index (Phi) is 5.78. The fraction of sp³-hybridized carbons (Fsp3) is 0.438. The molecular formula is C16H22N2O3. The average Bonchev–Trinajstić information content (AvgIpc) is 2.96. The van der Waals surface area contributed by atoms with Crippen LogP contribution in [-0.2, 0) is 17.9 Å². The second-order valence-corrected chi connectivity index (χ2v) is 5.00. The Labute approximate surface area is 125 Å². The third-order valence-electron chi connectivity index (χ3n) is 3.18. The number of hydrogen-bond donors (Lipinski definition) is 1. The predicted molar refractivity (Wildman–Crippen MR) is 80.3 cm³/mol. The predicted octanol–water partition coefficient (Wildman–Crippen LogP) is 2.61. The van der Waals surface area contributed by atoms with Crippen molar-refractivity contribution in [1.82, 2.24) is 10.5 Å². The van der Waals surface area contributed by atoms with Crippen LogP contribution < -0.4 is 10.1 Å². The quantitative estimate of drug-likeness (QED) is 0.757. The number of ether oxygens (including phenoxy) is 2. The lowest BCUT2D eigenvalue weighted by molar-refractivity contribution is 0.199. The van der Waals surface area contributed by atoms with Crippen molar-refractivity contribution >= 4 is 0 Å². The van der Waals surface area contributed by atoms with Gasteiger partial charge in [-0.25, -0.2) is 0 Å². The molecule has 0 saturated carbocycles. The second kappa shape index (κ2) is 7.81. The van der Waals surface area contributed by atoms with E-state index in [-0.39, 0.29) is 0 Å². The molecule has 0 aliphatic rings. The largest absolute Gasteiger partial charge is 0.485 e. The molecule has 0 saturated heterocycles. The van der Waals surface area contributed by atoms with Crippen molar-refractivity contribution in [2.75, 3.05) is 20.3 Å². The minimum absolute atomic E-state index is 0.396. The molecule has 0 aliphatic heterocycles. The van der Waals surface area contributed by atoms with E-state index in [1.165, 1.54) is 5.56 Å². The van der Waals surface area contributed by atoms with E-state index in [1.807, 2.05) is 0 Å². The molecule has 1 aromatic heterocycles. The highest BCUT2D eigenvalue weighted by Crippen LogP contribution is 2.25. The van der Waals surface area contributed by atoms with Crippen LogP contribution in [0.3, 0.4) is 0 Å². The molecule has 0 aliphatic carbocycles. The van der Waals surface area contributed by atoms with Crippen molar-refractivity contribution in [1.29, 1.82) is 0 Å². The first-order valence-corrected chi connectivity index (χ1v) is 7.03. The Bertz CT molecular complexity index is 530. The van der Waals surface area contributed by atoms with Crippen molar-refractivity contribution in [2.24, 2.45) is 0 Å². The van der Waals surface area contributed by atoms with Crippen molar-refractivity contribution in [2.45, 2.75) is 27.0 Å². The summed E-state index contributed by atoms with van der Waals surface area (Å²) in [7, 11) is 1.71. The van der Waals surface area contributed by atoms with Crippen molar-refractivity contribution < 1.29 is 14.0 Å². The molecule has 2 rings (SSSR count). The van der Waals surface area contributed by atoms with Gasteiger partial charge in [0.1, 0.15) is 12.4 Å². The number of benzene rings is 1. The zero-order valence-corrected chi connectivity index (χ0v) is 12.8. The van der Waals surface area contributed by atoms with Crippen molar-refractivity contribution in [3.05, 3.63) is 46.8 Å². The maximum absolute atomic E-state index is 5.84. The number of hydrogen-bond acceptors (Lipinski definition) is 5. The van der Waals surface area contributed by atoms with Gasteiger partial charge in [-0.2, -0.15) is 0 Å². The maximum atomic E-state index is 5.84. The fourth-order valence-corrected chi connectivity index (χ4v) is 2.24. The first-order chi connectivity index (χ1) is 10.2. The van der Waals surface area contributed by atoms with Crippen LogP contribution in [0.25, 0.3) is 0 Å². The summed E-state index contributed by atoms with van der Waals surface area (Å²) in [4.78, 5) is 0. The molecule has 0 atom stereocenters. The van der Waals surface area contributed by atoms with Gasteiger partial charge in [-0.15, -0.1) is 0 Å². The van der Waals surface area contributed by atoms with E-state index in [2.05, 4.69) is 36.5 Å². The summed E-state index contributed by atoms with van der Waals surface area (Å²) < 4.78 is 15.9. The Hall–Kier alpha value is -1.85. The summed E-state index contributed by atoms with van der Waals surface area (Å²) in [5, 5.41) is 7.01. The van der Waals surface area contributed by atoms with Crippen LogP contribution in [0.2, 0.25) is 0 Å². The zero-order valence-electron chi connectivity index (χ0n) is 12.8. The van der Waals surface area contributed by atoms with Gasteiger partial charge in [0, 0.05) is 26.3 Å². The summed E-state index contributed by atoms with van der Waals surface area (Å²) in [5.74, 6) is 1.63. The van der Waals surface area contributed by atoms with Crippen LogP contribution in [0.5, 0.6) is 5.75 Å². The van der Waals surface area contributed by atoms with Gasteiger partial charge < -0.3 is 19.3 Å². The van der Waals surface area contributed by atoms with Gasteiger partial charge in [0.15, 0.2) is 5.76 Å². The molecule has 0 radical (unpaired) electrons. The van der Waals surface area contributed by atoms with Gasteiger partial charge in [0.2, 0.25) is 0 Å². The summed E-state index contributed by atoms with van der Waals surface area (Å²) >= 11 is 0. The molecule has 114 valence electrons. The highest BCUT2D eigenvalue weighted by molar-refractivity contribution is 5.43. The molecule has 5 heteroatoms. The molecule has 5 nitrogen and oxygen atoms in total. The smallest absolute Gasteiger partial charge is 0.174 e. The number of aryl methyl sites for hydroxylation is 2. The molecular weight excluding hydrogens is 268 g/mol. The standard InChI is InChI=1S/C16H22N2O3/c1-12-8-14(10-17-6-7-19-3)9-13(2)16(12)20-11-15-4-5-18-21-15/h4-5,8-9,17H,6-7,10-11H2,1-3H3. The van der Waals surface area contributed by atoms with Gasteiger partial charge in [0.05, 0.1) is 12.8 Å². The van der Waals surface area contributed by atoms with Crippen LogP contribution in [0.15, 0.2) is 28.9 Å². The van der Waals surface area contributed by atoms with Crippen LogP contribution in [-0.4, -0.2) is 25.4 Å². The SMILES string of the molecule is COCCNCc1cc(C)c(OCc2ccno2)c(C)c1. The van der Waals surface area contributed by atoms with E-state index in [1.54, 1.807) is 19.4 Å². The monoisotopic (exact) mass is 290 g/mol. The summed E-state index contributed by atoms with van der Waals surface area (Å²) in [5.41, 5.74) is 3.49. The molecule has 1 N–H and O–H groups in total. The molecule has 1 heterocycles. The summed E-state index contributed by atoms with van der Waals surface area (Å²) in [6.45, 7) is 6.90. The fourth-order valence-electron chi connectivity index (χ4n) is 2.24. The number of aromatic nitrogens is 1. The van der Waals surface area contributed by atoms with Gasteiger partial charge in [-0.05, 0) is 30.5 Å². The van der Waals surface area contributed by atoms with Gasteiger partial charge >= 0.3 is 0 Å². The highest BCUT2D eigenvalue weighted by Gasteiger charge is 2.08. The van der Waals surface area contributed by atoms with Crippen molar-refractivity contribution in [3.63, 3.8) is 0 Å². The Balaban J connectivity index is 1.96. The van der Waals surface area contributed by atoms with E-state index in [9.17, 15) is 0 Å². The number of rotatable bonds is 8.